The molecule has 0 saturated heterocycles. The van der Waals surface area contributed by atoms with E-state index in [9.17, 15) is 14.4 Å². The topological polar surface area (TPSA) is 87.7 Å². The van der Waals surface area contributed by atoms with Crippen molar-refractivity contribution in [2.24, 2.45) is 5.92 Å². The highest BCUT2D eigenvalue weighted by Gasteiger charge is 2.44. The van der Waals surface area contributed by atoms with Crippen molar-refractivity contribution in [2.45, 2.75) is 85.0 Å². The fourth-order valence-electron chi connectivity index (χ4n) is 4.70. The lowest BCUT2D eigenvalue weighted by Gasteiger charge is -2.45. The van der Waals surface area contributed by atoms with Crippen LogP contribution in [0.1, 0.15) is 79.0 Å². The highest BCUT2D eigenvalue weighted by Crippen LogP contribution is 2.34. The van der Waals surface area contributed by atoms with Gasteiger partial charge in [-0.3, -0.25) is 9.59 Å². The lowest BCUT2D eigenvalue weighted by molar-refractivity contribution is -0.148. The number of terminal acetylenes is 1. The molecule has 0 aromatic heterocycles. The zero-order valence-corrected chi connectivity index (χ0v) is 25.9. The van der Waals surface area contributed by atoms with Crippen LogP contribution in [0.5, 0.6) is 0 Å². The molecule has 3 aromatic carbocycles. The van der Waals surface area contributed by atoms with Crippen LogP contribution in [0, 0.1) is 18.3 Å². The molecule has 0 spiro atoms. The minimum Gasteiger partial charge on any atom is -0.444 e. The highest BCUT2D eigenvalue weighted by molar-refractivity contribution is 6.00. The molecule has 2 N–H and O–H groups in total. The Morgan fingerprint density at radius 2 is 1.55 bits per heavy atom. The van der Waals surface area contributed by atoms with E-state index < -0.39 is 29.3 Å². The zero-order valence-electron chi connectivity index (χ0n) is 25.9. The number of fused-ring (bicyclic) bond motifs is 1. The Kier molecular flexibility index (Phi) is 10.1. The van der Waals surface area contributed by atoms with Crippen molar-refractivity contribution in [3.63, 3.8) is 0 Å². The predicted octanol–water partition coefficient (Wildman–Crippen LogP) is 7.07. The van der Waals surface area contributed by atoms with Gasteiger partial charge in [0.2, 0.25) is 5.91 Å². The molecule has 2 atom stereocenters. The molecular weight excluding hydrogens is 526 g/mol. The monoisotopic (exact) mass is 569 g/mol. The molecule has 3 amide bonds. The third kappa shape index (κ3) is 7.91. The Labute approximate surface area is 250 Å². The number of nitrogens with one attached hydrogen (secondary N) is 2. The van der Waals surface area contributed by atoms with Crippen molar-refractivity contribution in [1.29, 1.82) is 0 Å². The lowest BCUT2D eigenvalue weighted by Crippen LogP contribution is -2.60. The van der Waals surface area contributed by atoms with E-state index >= 15 is 0 Å². The number of hydrogen-bond acceptors (Lipinski definition) is 4. The summed E-state index contributed by atoms with van der Waals surface area (Å²) in [5, 5.41) is 7.85. The molecule has 222 valence electrons. The number of anilines is 1. The van der Waals surface area contributed by atoms with Gasteiger partial charge in [-0.05, 0) is 87.6 Å². The Balaban J connectivity index is 2.11. The van der Waals surface area contributed by atoms with Gasteiger partial charge in [0.15, 0.2) is 0 Å². The fourth-order valence-corrected chi connectivity index (χ4v) is 4.70. The van der Waals surface area contributed by atoms with Crippen LogP contribution in [-0.4, -0.2) is 40.0 Å². The first-order chi connectivity index (χ1) is 19.7. The number of benzene rings is 3. The second kappa shape index (κ2) is 13.1. The highest BCUT2D eigenvalue weighted by atomic mass is 16.6. The minimum absolute atomic E-state index is 0.284. The van der Waals surface area contributed by atoms with E-state index in [4.69, 9.17) is 11.2 Å². The molecule has 3 aromatic rings. The number of carbonyl (C=O) groups excluding carboxylic acids is 3. The van der Waals surface area contributed by atoms with Crippen LogP contribution >= 0.6 is 0 Å². The van der Waals surface area contributed by atoms with Crippen molar-refractivity contribution in [3.05, 3.63) is 77.9 Å². The minimum atomic E-state index is -1.02. The zero-order chi connectivity index (χ0) is 31.2. The van der Waals surface area contributed by atoms with E-state index in [1.54, 1.807) is 49.9 Å². The van der Waals surface area contributed by atoms with Crippen molar-refractivity contribution in [1.82, 2.24) is 10.2 Å². The standard InChI is InChI=1S/C35H43N3O4/c1-10-24-16-18-26(19-17-24)30(31(39)36-28-21-20-25-14-12-13-15-27(25)22-28)38(35(8,9)11-2)32(40)29(23(3)4)37-33(41)42-34(5,6)7/h1,12-23,29-30H,11H2,2-9H3,(H,36,39)(H,37,41). The number of rotatable bonds is 9. The van der Waals surface area contributed by atoms with Gasteiger partial charge in [0.25, 0.3) is 5.91 Å². The second-order valence-corrected chi connectivity index (χ2v) is 12.5. The van der Waals surface area contributed by atoms with E-state index in [-0.39, 0.29) is 17.7 Å². The fraction of sp³-hybridized carbons (Fsp3) is 0.400. The number of ether oxygens (including phenoxy) is 1. The summed E-state index contributed by atoms with van der Waals surface area (Å²) in [5.74, 6) is 1.55. The molecule has 0 saturated carbocycles. The molecule has 2 unspecified atom stereocenters. The van der Waals surface area contributed by atoms with Gasteiger partial charge in [0, 0.05) is 16.8 Å². The summed E-state index contributed by atoms with van der Waals surface area (Å²) in [6.07, 6.45) is 5.46. The van der Waals surface area contributed by atoms with Crippen LogP contribution in [-0.2, 0) is 14.3 Å². The third-order valence-electron chi connectivity index (χ3n) is 7.28. The van der Waals surface area contributed by atoms with Crippen molar-refractivity contribution in [3.8, 4) is 12.3 Å². The second-order valence-electron chi connectivity index (χ2n) is 12.5. The maximum absolute atomic E-state index is 14.5. The quantitative estimate of drug-likeness (QED) is 0.270. The first-order valence-electron chi connectivity index (χ1n) is 14.4. The van der Waals surface area contributed by atoms with Gasteiger partial charge >= 0.3 is 6.09 Å². The summed E-state index contributed by atoms with van der Waals surface area (Å²) in [5.41, 5.74) is 0.361. The molecule has 3 rings (SSSR count). The molecule has 0 bridgehead atoms. The normalized spacial score (nSPS) is 13.1. The molecule has 0 aliphatic carbocycles. The first-order valence-corrected chi connectivity index (χ1v) is 14.4. The van der Waals surface area contributed by atoms with Crippen LogP contribution in [0.25, 0.3) is 10.8 Å². The van der Waals surface area contributed by atoms with Crippen molar-refractivity contribution < 1.29 is 19.1 Å². The van der Waals surface area contributed by atoms with Gasteiger partial charge in [0.05, 0.1) is 0 Å². The summed E-state index contributed by atoms with van der Waals surface area (Å²) in [4.78, 5) is 43.2. The van der Waals surface area contributed by atoms with Gasteiger partial charge in [0.1, 0.15) is 17.7 Å². The van der Waals surface area contributed by atoms with Gasteiger partial charge in [-0.1, -0.05) is 69.2 Å². The Bertz CT molecular complexity index is 1460. The van der Waals surface area contributed by atoms with Crippen molar-refractivity contribution >= 4 is 34.4 Å². The Hall–Kier alpha value is -4.31. The van der Waals surface area contributed by atoms with Crippen LogP contribution in [0.4, 0.5) is 10.5 Å². The average Bonchev–Trinajstić information content (AvgIpc) is 2.93. The van der Waals surface area contributed by atoms with Crippen LogP contribution < -0.4 is 10.6 Å². The first kappa shape index (κ1) is 32.2. The third-order valence-corrected chi connectivity index (χ3v) is 7.28. The van der Waals surface area contributed by atoms with E-state index in [1.807, 2.05) is 77.1 Å². The van der Waals surface area contributed by atoms with Gasteiger partial charge in [-0.15, -0.1) is 6.42 Å². The summed E-state index contributed by atoms with van der Waals surface area (Å²) >= 11 is 0. The molecular formula is C35H43N3O4. The average molecular weight is 570 g/mol. The smallest absolute Gasteiger partial charge is 0.408 e. The Morgan fingerprint density at radius 3 is 2.10 bits per heavy atom. The maximum atomic E-state index is 14.5. The molecule has 0 fully saturated rings. The van der Waals surface area contributed by atoms with Crippen LogP contribution in [0.15, 0.2) is 66.7 Å². The molecule has 0 aliphatic heterocycles. The summed E-state index contributed by atoms with van der Waals surface area (Å²) in [7, 11) is 0. The molecule has 7 nitrogen and oxygen atoms in total. The number of hydrogen-bond donors (Lipinski definition) is 2. The molecule has 0 aliphatic rings. The molecule has 42 heavy (non-hydrogen) atoms. The van der Waals surface area contributed by atoms with E-state index in [0.717, 1.165) is 10.8 Å². The van der Waals surface area contributed by atoms with Crippen LogP contribution in [0.2, 0.25) is 0 Å². The molecule has 7 heteroatoms. The maximum Gasteiger partial charge on any atom is 0.408 e. The SMILES string of the molecule is C#Cc1ccc(C(C(=O)Nc2ccc3ccccc3c2)N(C(=O)C(NC(=O)OC(C)(C)C)C(C)C)C(C)(C)CC)cc1. The van der Waals surface area contributed by atoms with Crippen molar-refractivity contribution in [2.75, 3.05) is 5.32 Å². The van der Waals surface area contributed by atoms with E-state index in [1.165, 1.54) is 0 Å². The lowest BCUT2D eigenvalue weighted by atomic mass is 9.90. The Morgan fingerprint density at radius 1 is 0.929 bits per heavy atom. The summed E-state index contributed by atoms with van der Waals surface area (Å²) in [6, 6.07) is 18.7. The number of alkyl carbamates (subject to hydrolysis) is 1. The largest absolute Gasteiger partial charge is 0.444 e. The molecule has 0 radical (unpaired) electrons. The number of nitrogens with zero attached hydrogens (tertiary/aromatic N) is 1. The van der Waals surface area contributed by atoms with Gasteiger partial charge in [-0.2, -0.15) is 0 Å². The number of carbonyl (C=O) groups is 3. The molecule has 0 heterocycles. The van der Waals surface area contributed by atoms with Gasteiger partial charge < -0.3 is 20.3 Å². The predicted molar refractivity (Wildman–Crippen MR) is 169 cm³/mol. The van der Waals surface area contributed by atoms with Gasteiger partial charge in [-0.25, -0.2) is 4.79 Å². The number of amides is 3. The summed E-state index contributed by atoms with van der Waals surface area (Å²) < 4.78 is 5.47. The van der Waals surface area contributed by atoms with Crippen LogP contribution in [0.3, 0.4) is 0 Å². The van der Waals surface area contributed by atoms with E-state index in [2.05, 4.69) is 16.6 Å². The van der Waals surface area contributed by atoms with E-state index in [0.29, 0.717) is 23.2 Å². The summed E-state index contributed by atoms with van der Waals surface area (Å²) in [6.45, 7) is 14.8.